The number of benzene rings is 2. The lowest BCUT2D eigenvalue weighted by molar-refractivity contribution is 0.101. The second-order valence-electron chi connectivity index (χ2n) is 7.85. The molecule has 0 bridgehead atoms. The van der Waals surface area contributed by atoms with Gasteiger partial charge in [0.15, 0.2) is 11.3 Å². The van der Waals surface area contributed by atoms with Crippen LogP contribution in [0.3, 0.4) is 0 Å². The summed E-state index contributed by atoms with van der Waals surface area (Å²) in [6, 6.07) is 18.5. The van der Waals surface area contributed by atoms with Crippen molar-refractivity contribution in [3.05, 3.63) is 96.1 Å². The number of anilines is 2. The van der Waals surface area contributed by atoms with Crippen LogP contribution in [0.5, 0.6) is 0 Å². The van der Waals surface area contributed by atoms with E-state index in [4.69, 9.17) is 0 Å². The highest BCUT2D eigenvalue weighted by Gasteiger charge is 2.17. The lowest BCUT2D eigenvalue weighted by Crippen LogP contribution is -2.14. The van der Waals surface area contributed by atoms with E-state index in [-0.39, 0.29) is 11.8 Å². The first-order valence-corrected chi connectivity index (χ1v) is 10.6. The van der Waals surface area contributed by atoms with Crippen LogP contribution in [0.15, 0.2) is 79.3 Å². The molecule has 2 aromatic carbocycles. The minimum Gasteiger partial charge on any atom is -0.322 e. The number of carbonyl (C=O) groups excluding carboxylic acids is 2. The minimum absolute atomic E-state index is 0.304. The van der Waals surface area contributed by atoms with Crippen molar-refractivity contribution in [1.29, 1.82) is 0 Å². The first-order chi connectivity index (χ1) is 16.5. The van der Waals surface area contributed by atoms with E-state index in [1.54, 1.807) is 59.0 Å². The lowest BCUT2D eigenvalue weighted by atomic mass is 10.1. The van der Waals surface area contributed by atoms with Gasteiger partial charge in [-0.1, -0.05) is 35.9 Å². The molecule has 168 valence electrons. The van der Waals surface area contributed by atoms with Crippen LogP contribution < -0.4 is 10.6 Å². The first kappa shape index (κ1) is 21.1. The van der Waals surface area contributed by atoms with E-state index in [2.05, 4.69) is 25.8 Å². The molecule has 0 radical (unpaired) electrons. The van der Waals surface area contributed by atoms with Crippen molar-refractivity contribution in [2.24, 2.45) is 7.05 Å². The van der Waals surface area contributed by atoms with Crippen molar-refractivity contribution in [3.63, 3.8) is 0 Å². The van der Waals surface area contributed by atoms with Gasteiger partial charge in [0.2, 0.25) is 0 Å². The molecule has 34 heavy (non-hydrogen) atoms. The van der Waals surface area contributed by atoms with Gasteiger partial charge < -0.3 is 10.6 Å². The highest BCUT2D eigenvalue weighted by atomic mass is 16.2. The standard InChI is InChI=1S/C25H21N7O2/c1-16-6-8-17(9-7-16)22-10-12-26-23-20(15-27-32(22)23)24(33)28-18-4-3-5-19(14-18)29-25(34)21-11-13-31(2)30-21/h3-15H,1-2H3,(H,28,33)(H,29,34). The smallest absolute Gasteiger partial charge is 0.276 e. The van der Waals surface area contributed by atoms with Gasteiger partial charge in [0.05, 0.1) is 11.9 Å². The van der Waals surface area contributed by atoms with Crippen LogP contribution in [-0.2, 0) is 7.05 Å². The lowest BCUT2D eigenvalue weighted by Gasteiger charge is -2.08. The van der Waals surface area contributed by atoms with Gasteiger partial charge in [-0.2, -0.15) is 10.2 Å². The van der Waals surface area contributed by atoms with E-state index in [1.165, 1.54) is 6.20 Å². The number of hydrogen-bond donors (Lipinski definition) is 2. The van der Waals surface area contributed by atoms with Gasteiger partial charge >= 0.3 is 0 Å². The second kappa shape index (κ2) is 8.62. The molecule has 2 N–H and O–H groups in total. The Bertz CT molecular complexity index is 1520. The normalized spacial score (nSPS) is 10.9. The zero-order valence-electron chi connectivity index (χ0n) is 18.6. The first-order valence-electron chi connectivity index (χ1n) is 10.6. The summed E-state index contributed by atoms with van der Waals surface area (Å²) in [4.78, 5) is 29.8. The minimum atomic E-state index is -0.350. The van der Waals surface area contributed by atoms with Gasteiger partial charge in [-0.15, -0.1) is 0 Å². The van der Waals surface area contributed by atoms with Gasteiger partial charge in [0.1, 0.15) is 5.56 Å². The average molecular weight is 451 g/mol. The zero-order valence-corrected chi connectivity index (χ0v) is 18.6. The molecule has 9 nitrogen and oxygen atoms in total. The Morgan fingerprint density at radius 3 is 2.35 bits per heavy atom. The van der Waals surface area contributed by atoms with Crippen LogP contribution in [-0.4, -0.2) is 36.2 Å². The van der Waals surface area contributed by atoms with Crippen LogP contribution >= 0.6 is 0 Å². The fourth-order valence-corrected chi connectivity index (χ4v) is 3.60. The predicted molar refractivity (Wildman–Crippen MR) is 129 cm³/mol. The molecule has 3 heterocycles. The third kappa shape index (κ3) is 4.14. The summed E-state index contributed by atoms with van der Waals surface area (Å²) >= 11 is 0. The van der Waals surface area contributed by atoms with Gasteiger partial charge in [-0.3, -0.25) is 14.3 Å². The van der Waals surface area contributed by atoms with Gasteiger partial charge in [0, 0.05) is 36.4 Å². The van der Waals surface area contributed by atoms with Crippen molar-refractivity contribution in [3.8, 4) is 11.3 Å². The molecule has 5 rings (SSSR count). The van der Waals surface area contributed by atoms with E-state index in [0.29, 0.717) is 28.3 Å². The number of rotatable bonds is 5. The number of fused-ring (bicyclic) bond motifs is 1. The summed E-state index contributed by atoms with van der Waals surface area (Å²) in [5, 5.41) is 14.1. The number of amides is 2. The molecular formula is C25H21N7O2. The fourth-order valence-electron chi connectivity index (χ4n) is 3.60. The Morgan fingerprint density at radius 1 is 0.912 bits per heavy atom. The summed E-state index contributed by atoms with van der Waals surface area (Å²) in [6.07, 6.45) is 4.86. The molecule has 0 fully saturated rings. The van der Waals surface area contributed by atoms with Crippen molar-refractivity contribution in [2.75, 3.05) is 10.6 Å². The Balaban J connectivity index is 1.37. The molecule has 5 aromatic rings. The molecule has 0 saturated heterocycles. The maximum absolute atomic E-state index is 13.0. The topological polar surface area (TPSA) is 106 Å². The Kier molecular flexibility index (Phi) is 5.35. The molecule has 0 saturated carbocycles. The Morgan fingerprint density at radius 2 is 1.65 bits per heavy atom. The van der Waals surface area contributed by atoms with Crippen LogP contribution in [0.1, 0.15) is 26.4 Å². The van der Waals surface area contributed by atoms with Gasteiger partial charge in [0.25, 0.3) is 11.8 Å². The number of carbonyl (C=O) groups is 2. The number of nitrogens with zero attached hydrogens (tertiary/aromatic N) is 5. The highest BCUT2D eigenvalue weighted by molar-refractivity contribution is 6.09. The molecular weight excluding hydrogens is 430 g/mol. The zero-order chi connectivity index (χ0) is 23.7. The number of nitrogens with one attached hydrogen (secondary N) is 2. The van der Waals surface area contributed by atoms with Crippen molar-refractivity contribution < 1.29 is 9.59 Å². The van der Waals surface area contributed by atoms with Crippen molar-refractivity contribution in [1.82, 2.24) is 24.4 Å². The summed E-state index contributed by atoms with van der Waals surface area (Å²) in [6.45, 7) is 2.03. The van der Waals surface area contributed by atoms with Gasteiger partial charge in [-0.25, -0.2) is 9.50 Å². The second-order valence-corrected chi connectivity index (χ2v) is 7.85. The largest absolute Gasteiger partial charge is 0.322 e. The molecule has 0 unspecified atom stereocenters. The predicted octanol–water partition coefficient (Wildman–Crippen LogP) is 3.94. The quantitative estimate of drug-likeness (QED) is 0.421. The van der Waals surface area contributed by atoms with E-state index >= 15 is 0 Å². The molecule has 0 aliphatic rings. The molecule has 0 aliphatic heterocycles. The van der Waals surface area contributed by atoms with Crippen LogP contribution in [0.2, 0.25) is 0 Å². The summed E-state index contributed by atoms with van der Waals surface area (Å²) < 4.78 is 3.21. The Hall–Kier alpha value is -4.79. The molecule has 9 heteroatoms. The van der Waals surface area contributed by atoms with E-state index < -0.39 is 0 Å². The van der Waals surface area contributed by atoms with E-state index in [1.807, 2.05) is 37.3 Å². The number of aryl methyl sites for hydroxylation is 2. The average Bonchev–Trinajstić information content (AvgIpc) is 3.46. The third-order valence-corrected chi connectivity index (χ3v) is 5.32. The fraction of sp³-hybridized carbons (Fsp3) is 0.0800. The molecule has 0 spiro atoms. The van der Waals surface area contributed by atoms with E-state index in [0.717, 1.165) is 16.8 Å². The Labute approximate surface area is 195 Å². The molecule has 0 aliphatic carbocycles. The summed E-state index contributed by atoms with van der Waals surface area (Å²) in [5.74, 6) is -0.684. The monoisotopic (exact) mass is 451 g/mol. The molecule has 0 atom stereocenters. The van der Waals surface area contributed by atoms with Gasteiger partial charge in [-0.05, 0) is 37.3 Å². The SMILES string of the molecule is Cc1ccc(-c2ccnc3c(C(=O)Nc4cccc(NC(=O)c5ccn(C)n5)c4)cnn23)cc1. The molecule has 2 amide bonds. The van der Waals surface area contributed by atoms with Crippen LogP contribution in [0, 0.1) is 6.92 Å². The van der Waals surface area contributed by atoms with Crippen LogP contribution in [0.25, 0.3) is 16.9 Å². The van der Waals surface area contributed by atoms with Crippen LogP contribution in [0.4, 0.5) is 11.4 Å². The van der Waals surface area contributed by atoms with E-state index in [9.17, 15) is 9.59 Å². The maximum Gasteiger partial charge on any atom is 0.276 e. The maximum atomic E-state index is 13.0. The summed E-state index contributed by atoms with van der Waals surface area (Å²) in [7, 11) is 1.74. The van der Waals surface area contributed by atoms with Crippen molar-refractivity contribution in [2.45, 2.75) is 6.92 Å². The third-order valence-electron chi connectivity index (χ3n) is 5.32. The highest BCUT2D eigenvalue weighted by Crippen LogP contribution is 2.22. The summed E-state index contributed by atoms with van der Waals surface area (Å²) in [5.41, 5.74) is 5.14. The van der Waals surface area contributed by atoms with Crippen molar-refractivity contribution >= 4 is 28.8 Å². The molecule has 3 aromatic heterocycles. The number of hydrogen-bond acceptors (Lipinski definition) is 5. The number of aromatic nitrogens is 5.